The molecule has 2 aliphatic rings. The summed E-state index contributed by atoms with van der Waals surface area (Å²) in [6.45, 7) is 3.55. The van der Waals surface area contributed by atoms with Gasteiger partial charge in [0.05, 0.1) is 12.6 Å². The number of nitrogens with zero attached hydrogens (tertiary/aromatic N) is 2. The molecular weight excluding hydrogens is 437 g/mol. The van der Waals surface area contributed by atoms with Crippen LogP contribution in [0.5, 0.6) is 0 Å². The fourth-order valence-corrected chi connectivity index (χ4v) is 4.52. The molecule has 0 atom stereocenters. The monoisotopic (exact) mass is 466 g/mol. The zero-order chi connectivity index (χ0) is 23.9. The minimum atomic E-state index is -5.08. The number of alkyl halides is 3. The van der Waals surface area contributed by atoms with Gasteiger partial charge in [0.1, 0.15) is 0 Å². The zero-order valence-corrected chi connectivity index (χ0v) is 18.3. The molecular formula is C23H29F3N4O3. The molecule has 1 aliphatic carbocycles. The van der Waals surface area contributed by atoms with Gasteiger partial charge in [0.25, 0.3) is 0 Å². The molecule has 1 aromatic heterocycles. The highest BCUT2D eigenvalue weighted by Gasteiger charge is 2.46. The number of carbonyl (C=O) groups excluding carboxylic acids is 1. The molecule has 1 aromatic carbocycles. The van der Waals surface area contributed by atoms with Crippen molar-refractivity contribution in [3.8, 4) is 0 Å². The van der Waals surface area contributed by atoms with Crippen LogP contribution in [0, 0.1) is 5.41 Å². The molecule has 1 amide bonds. The van der Waals surface area contributed by atoms with Gasteiger partial charge in [-0.25, -0.2) is 4.79 Å². The SMILES string of the molecule is O=C(Cc1cn[nH]c1)NC1CC2(CCN(CCc3ccccc3)CC2)C1.O=C(O)C(F)(F)F. The van der Waals surface area contributed by atoms with Gasteiger partial charge in [-0.1, -0.05) is 30.3 Å². The number of aromatic amines is 1. The van der Waals surface area contributed by atoms with Gasteiger partial charge < -0.3 is 15.3 Å². The number of nitrogens with one attached hydrogen (secondary N) is 2. The van der Waals surface area contributed by atoms with E-state index in [9.17, 15) is 18.0 Å². The highest BCUT2D eigenvalue weighted by Crippen LogP contribution is 2.49. The van der Waals surface area contributed by atoms with Crippen LogP contribution in [0.3, 0.4) is 0 Å². The molecule has 1 aliphatic heterocycles. The van der Waals surface area contributed by atoms with Crippen LogP contribution in [0.1, 0.15) is 36.8 Å². The maximum atomic E-state index is 12.1. The second kappa shape index (κ2) is 10.8. The molecule has 3 N–H and O–H groups in total. The maximum absolute atomic E-state index is 12.1. The quantitative estimate of drug-likeness (QED) is 0.608. The number of carbonyl (C=O) groups is 2. The summed E-state index contributed by atoms with van der Waals surface area (Å²) in [5, 5.41) is 17.0. The van der Waals surface area contributed by atoms with Gasteiger partial charge in [-0.05, 0) is 61.7 Å². The molecule has 2 heterocycles. The predicted molar refractivity (Wildman–Crippen MR) is 115 cm³/mol. The largest absolute Gasteiger partial charge is 0.490 e. The lowest BCUT2D eigenvalue weighted by Gasteiger charge is -2.52. The summed E-state index contributed by atoms with van der Waals surface area (Å²) in [4.78, 5) is 23.6. The van der Waals surface area contributed by atoms with Crippen LogP contribution in [-0.2, 0) is 22.4 Å². The molecule has 10 heteroatoms. The Morgan fingerprint density at radius 1 is 1.15 bits per heavy atom. The van der Waals surface area contributed by atoms with E-state index < -0.39 is 12.1 Å². The number of benzene rings is 1. The van der Waals surface area contributed by atoms with Crippen molar-refractivity contribution in [2.24, 2.45) is 5.41 Å². The number of hydrogen-bond acceptors (Lipinski definition) is 4. The van der Waals surface area contributed by atoms with Crippen molar-refractivity contribution in [2.75, 3.05) is 19.6 Å². The second-order valence-electron chi connectivity index (χ2n) is 8.84. The first-order valence-corrected chi connectivity index (χ1v) is 11.0. The van der Waals surface area contributed by atoms with Gasteiger partial charge in [-0.2, -0.15) is 18.3 Å². The minimum absolute atomic E-state index is 0.117. The fraction of sp³-hybridized carbons (Fsp3) is 0.522. The molecule has 0 unspecified atom stereocenters. The smallest absolute Gasteiger partial charge is 0.475 e. The highest BCUT2D eigenvalue weighted by molar-refractivity contribution is 5.78. The van der Waals surface area contributed by atoms with Gasteiger partial charge in [0.2, 0.25) is 5.91 Å². The van der Waals surface area contributed by atoms with Gasteiger partial charge in [-0.3, -0.25) is 9.89 Å². The van der Waals surface area contributed by atoms with Gasteiger partial charge >= 0.3 is 12.1 Å². The van der Waals surface area contributed by atoms with Crippen LogP contribution in [0.15, 0.2) is 42.7 Å². The summed E-state index contributed by atoms with van der Waals surface area (Å²) in [5.41, 5.74) is 2.86. The summed E-state index contributed by atoms with van der Waals surface area (Å²) < 4.78 is 31.7. The Balaban J connectivity index is 0.000000383. The van der Waals surface area contributed by atoms with Crippen LogP contribution in [0.25, 0.3) is 0 Å². The number of aliphatic carboxylic acids is 1. The Labute approximate surface area is 190 Å². The second-order valence-corrected chi connectivity index (χ2v) is 8.84. The molecule has 1 spiro atoms. The Hall–Kier alpha value is -2.88. The molecule has 2 aromatic rings. The van der Waals surface area contributed by atoms with Crippen LogP contribution in [-0.4, -0.2) is 63.9 Å². The number of carboxylic acid groups (broad SMARTS) is 1. The number of rotatable bonds is 6. The van der Waals surface area contributed by atoms with E-state index in [1.54, 1.807) is 12.4 Å². The van der Waals surface area contributed by atoms with Crippen molar-refractivity contribution in [3.05, 3.63) is 53.9 Å². The number of H-pyrrole nitrogens is 1. The standard InChI is InChI=1S/C21H28N4O.C2HF3O2/c26-20(12-18-15-22-23-16-18)24-19-13-21(14-19)7-10-25(11-8-21)9-6-17-4-2-1-3-5-17;3-2(4,5)1(6)7/h1-5,15-16,19H,6-14H2,(H,22,23)(H,24,26);(H,6,7). The summed E-state index contributed by atoms with van der Waals surface area (Å²) in [7, 11) is 0. The van der Waals surface area contributed by atoms with Crippen LogP contribution in [0.2, 0.25) is 0 Å². The van der Waals surface area contributed by atoms with Gasteiger partial charge in [0.15, 0.2) is 0 Å². The Kier molecular flexibility index (Phi) is 8.12. The molecule has 1 saturated heterocycles. The Bertz CT molecular complexity index is 887. The third-order valence-electron chi connectivity index (χ3n) is 6.36. The number of piperidine rings is 1. The molecule has 0 radical (unpaired) electrons. The van der Waals surface area contributed by atoms with Crippen LogP contribution >= 0.6 is 0 Å². The average molecular weight is 467 g/mol. The van der Waals surface area contributed by atoms with Crippen molar-refractivity contribution < 1.29 is 27.9 Å². The van der Waals surface area contributed by atoms with Crippen molar-refractivity contribution in [1.29, 1.82) is 0 Å². The number of carboxylic acids is 1. The fourth-order valence-electron chi connectivity index (χ4n) is 4.52. The predicted octanol–water partition coefficient (Wildman–Crippen LogP) is 3.19. The summed E-state index contributed by atoms with van der Waals surface area (Å²) in [5.74, 6) is -2.64. The first-order valence-electron chi connectivity index (χ1n) is 11.0. The zero-order valence-electron chi connectivity index (χ0n) is 18.3. The van der Waals surface area contributed by atoms with E-state index in [0.717, 1.165) is 31.4 Å². The van der Waals surface area contributed by atoms with Gasteiger partial charge in [-0.15, -0.1) is 0 Å². The van der Waals surface area contributed by atoms with Crippen LogP contribution in [0.4, 0.5) is 13.2 Å². The van der Waals surface area contributed by atoms with E-state index >= 15 is 0 Å². The number of aromatic nitrogens is 2. The molecule has 2 fully saturated rings. The Morgan fingerprint density at radius 3 is 2.33 bits per heavy atom. The summed E-state index contributed by atoms with van der Waals surface area (Å²) in [6.07, 6.45) is 4.83. The molecule has 33 heavy (non-hydrogen) atoms. The van der Waals surface area contributed by atoms with E-state index in [1.807, 2.05) is 0 Å². The molecule has 1 saturated carbocycles. The number of hydrogen-bond donors (Lipinski definition) is 3. The normalized spacial score (nSPS) is 18.2. The van der Waals surface area contributed by atoms with Crippen molar-refractivity contribution >= 4 is 11.9 Å². The minimum Gasteiger partial charge on any atom is -0.475 e. The molecule has 180 valence electrons. The number of halogens is 3. The van der Waals surface area contributed by atoms with Crippen LogP contribution < -0.4 is 5.32 Å². The van der Waals surface area contributed by atoms with Crippen molar-refractivity contribution in [2.45, 2.75) is 50.7 Å². The van der Waals surface area contributed by atoms with E-state index in [4.69, 9.17) is 9.90 Å². The lowest BCUT2D eigenvalue weighted by atomic mass is 9.60. The topological polar surface area (TPSA) is 98.3 Å². The van der Waals surface area contributed by atoms with E-state index in [0.29, 0.717) is 17.9 Å². The molecule has 7 nitrogen and oxygen atoms in total. The first-order chi connectivity index (χ1) is 15.7. The average Bonchev–Trinajstić information content (AvgIpc) is 3.25. The van der Waals surface area contributed by atoms with E-state index in [-0.39, 0.29) is 5.91 Å². The first kappa shape index (κ1) is 24.8. The van der Waals surface area contributed by atoms with E-state index in [2.05, 4.69) is 50.7 Å². The number of likely N-dealkylation sites (tertiary alicyclic amines) is 1. The summed E-state index contributed by atoms with van der Waals surface area (Å²) >= 11 is 0. The molecule has 0 bridgehead atoms. The lowest BCUT2D eigenvalue weighted by molar-refractivity contribution is -0.192. The number of amides is 1. The third kappa shape index (κ3) is 7.59. The molecule has 4 rings (SSSR count). The van der Waals surface area contributed by atoms with E-state index in [1.165, 1.54) is 31.5 Å². The van der Waals surface area contributed by atoms with Crippen molar-refractivity contribution in [1.82, 2.24) is 20.4 Å². The highest BCUT2D eigenvalue weighted by atomic mass is 19.4. The lowest BCUT2D eigenvalue weighted by Crippen LogP contribution is -2.55. The van der Waals surface area contributed by atoms with Crippen molar-refractivity contribution in [3.63, 3.8) is 0 Å². The Morgan fingerprint density at radius 2 is 1.79 bits per heavy atom. The third-order valence-corrected chi connectivity index (χ3v) is 6.36. The summed E-state index contributed by atoms with van der Waals surface area (Å²) in [6, 6.07) is 11.1. The maximum Gasteiger partial charge on any atom is 0.490 e. The van der Waals surface area contributed by atoms with Gasteiger partial charge in [0, 0.05) is 18.8 Å².